The van der Waals surface area contributed by atoms with Crippen LogP contribution in [0.15, 0.2) is 72.8 Å². The summed E-state index contributed by atoms with van der Waals surface area (Å²) in [7, 11) is 1.58. The van der Waals surface area contributed by atoms with Crippen LogP contribution in [0.25, 0.3) is 0 Å². The van der Waals surface area contributed by atoms with Crippen LogP contribution in [0.1, 0.15) is 28.4 Å². The lowest BCUT2D eigenvalue weighted by Crippen LogP contribution is -2.11. The molecule has 0 bridgehead atoms. The van der Waals surface area contributed by atoms with Gasteiger partial charge in [-0.3, -0.25) is 0 Å². The van der Waals surface area contributed by atoms with Crippen molar-refractivity contribution >= 4 is 0 Å². The van der Waals surface area contributed by atoms with Crippen molar-refractivity contribution in [2.45, 2.75) is 13.0 Å². The molecule has 3 aromatic rings. The monoisotopic (exact) mass is 329 g/mol. The first kappa shape index (κ1) is 16.6. The average molecular weight is 329 g/mol. The van der Waals surface area contributed by atoms with Gasteiger partial charge in [0.15, 0.2) is 11.5 Å². The fourth-order valence-electron chi connectivity index (χ4n) is 2.78. The van der Waals surface area contributed by atoms with Crippen LogP contribution in [0.3, 0.4) is 0 Å². The topological polar surface area (TPSA) is 42.2 Å². The average Bonchev–Trinajstić information content (AvgIpc) is 2.67. The van der Waals surface area contributed by atoms with E-state index in [1.807, 2.05) is 42.5 Å². The quantitative estimate of drug-likeness (QED) is 0.658. The normalized spacial score (nSPS) is 11.4. The second-order valence-electron chi connectivity index (χ2n) is 5.74. The number of aryl methyl sites for hydroxylation is 1. The third-order valence-electron chi connectivity index (χ3n) is 4.11. The molecule has 0 fully saturated rings. The molecule has 3 nitrogen and oxygen atoms in total. The van der Waals surface area contributed by atoms with E-state index in [4.69, 9.17) is 14.7 Å². The molecule has 0 saturated carbocycles. The van der Waals surface area contributed by atoms with E-state index in [1.54, 1.807) is 25.3 Å². The maximum atomic E-state index is 9.08. The summed E-state index contributed by atoms with van der Waals surface area (Å²) in [6.45, 7) is 2.07. The molecule has 0 N–H and O–H groups in total. The van der Waals surface area contributed by atoms with E-state index in [1.165, 1.54) is 0 Å². The molecule has 0 aliphatic carbocycles. The van der Waals surface area contributed by atoms with Crippen LogP contribution >= 0.6 is 0 Å². The van der Waals surface area contributed by atoms with Gasteiger partial charge in [-0.2, -0.15) is 5.26 Å². The zero-order chi connectivity index (χ0) is 17.6. The van der Waals surface area contributed by atoms with Crippen molar-refractivity contribution in [3.8, 4) is 17.6 Å². The molecule has 0 aliphatic heterocycles. The summed E-state index contributed by atoms with van der Waals surface area (Å²) < 4.78 is 11.8. The lowest BCUT2D eigenvalue weighted by molar-refractivity contribution is 0.233. The fourth-order valence-corrected chi connectivity index (χ4v) is 2.78. The smallest absolute Gasteiger partial charge is 0.162 e. The molecular weight excluding hydrogens is 310 g/mol. The van der Waals surface area contributed by atoms with Crippen molar-refractivity contribution in [1.29, 1.82) is 5.26 Å². The summed E-state index contributed by atoms with van der Waals surface area (Å²) in [4.78, 5) is 0. The van der Waals surface area contributed by atoms with E-state index in [0.717, 1.165) is 16.7 Å². The number of benzene rings is 3. The molecule has 0 saturated heterocycles. The van der Waals surface area contributed by atoms with Gasteiger partial charge in [-0.05, 0) is 35.7 Å². The van der Waals surface area contributed by atoms with Crippen molar-refractivity contribution < 1.29 is 9.47 Å². The van der Waals surface area contributed by atoms with Crippen molar-refractivity contribution in [2.75, 3.05) is 7.11 Å². The number of methoxy groups -OCH3 is 1. The van der Waals surface area contributed by atoms with E-state index >= 15 is 0 Å². The van der Waals surface area contributed by atoms with Gasteiger partial charge in [-0.15, -0.1) is 0 Å². The maximum absolute atomic E-state index is 9.08. The third kappa shape index (κ3) is 3.64. The Kier molecular flexibility index (Phi) is 5.01. The van der Waals surface area contributed by atoms with Crippen molar-refractivity contribution in [2.24, 2.45) is 0 Å². The van der Waals surface area contributed by atoms with Gasteiger partial charge < -0.3 is 9.47 Å². The van der Waals surface area contributed by atoms with Gasteiger partial charge in [0, 0.05) is 6.07 Å². The molecule has 124 valence electrons. The first-order valence-electron chi connectivity index (χ1n) is 8.08. The van der Waals surface area contributed by atoms with Crippen molar-refractivity contribution in [1.82, 2.24) is 0 Å². The molecule has 0 amide bonds. The molecule has 3 rings (SSSR count). The molecule has 25 heavy (non-hydrogen) atoms. The van der Waals surface area contributed by atoms with Gasteiger partial charge >= 0.3 is 0 Å². The van der Waals surface area contributed by atoms with Gasteiger partial charge in [0.05, 0.1) is 18.7 Å². The Morgan fingerprint density at radius 3 is 2.28 bits per heavy atom. The number of nitriles is 1. The van der Waals surface area contributed by atoms with E-state index in [9.17, 15) is 0 Å². The zero-order valence-corrected chi connectivity index (χ0v) is 14.3. The van der Waals surface area contributed by atoms with Gasteiger partial charge in [-0.25, -0.2) is 0 Å². The van der Waals surface area contributed by atoms with E-state index in [-0.39, 0.29) is 6.10 Å². The highest BCUT2D eigenvalue weighted by Crippen LogP contribution is 2.35. The van der Waals surface area contributed by atoms with Crippen LogP contribution in [-0.2, 0) is 0 Å². The lowest BCUT2D eigenvalue weighted by Gasteiger charge is -2.23. The zero-order valence-electron chi connectivity index (χ0n) is 14.3. The summed E-state index contributed by atoms with van der Waals surface area (Å²) >= 11 is 0. The molecule has 3 aromatic carbocycles. The van der Waals surface area contributed by atoms with Gasteiger partial charge in [-0.1, -0.05) is 54.6 Å². The Labute approximate surface area is 148 Å². The Bertz CT molecular complexity index is 897. The van der Waals surface area contributed by atoms with Crippen LogP contribution in [0.4, 0.5) is 0 Å². The first-order chi connectivity index (χ1) is 12.2. The van der Waals surface area contributed by atoms with Crippen molar-refractivity contribution in [3.05, 3.63) is 95.1 Å². The molecule has 0 radical (unpaired) electrons. The number of hydrogen-bond donors (Lipinski definition) is 0. The predicted molar refractivity (Wildman–Crippen MR) is 97.8 cm³/mol. The fraction of sp³-hybridized carbons (Fsp3) is 0.136. The minimum Gasteiger partial charge on any atom is -0.493 e. The molecule has 0 spiro atoms. The molecule has 0 unspecified atom stereocenters. The molecule has 3 heteroatoms. The lowest BCUT2D eigenvalue weighted by atomic mass is 9.97. The number of nitrogens with zero attached hydrogens (tertiary/aromatic N) is 1. The molecule has 0 aromatic heterocycles. The summed E-state index contributed by atoms with van der Waals surface area (Å²) in [6.07, 6.45) is -0.260. The third-order valence-corrected chi connectivity index (χ3v) is 4.11. The van der Waals surface area contributed by atoms with Crippen molar-refractivity contribution in [3.63, 3.8) is 0 Å². The van der Waals surface area contributed by atoms with Gasteiger partial charge in [0.1, 0.15) is 6.10 Å². The summed E-state index contributed by atoms with van der Waals surface area (Å²) in [6, 6.07) is 25.6. The number of ether oxygens (including phenoxy) is 2. The summed E-state index contributed by atoms with van der Waals surface area (Å²) in [5, 5.41) is 9.08. The Morgan fingerprint density at radius 1 is 0.880 bits per heavy atom. The first-order valence-corrected chi connectivity index (χ1v) is 8.08. The van der Waals surface area contributed by atoms with Crippen LogP contribution in [0.5, 0.6) is 11.5 Å². The summed E-state index contributed by atoms with van der Waals surface area (Å²) in [5.41, 5.74) is 3.85. The second-order valence-corrected chi connectivity index (χ2v) is 5.74. The number of rotatable bonds is 5. The van der Waals surface area contributed by atoms with Crippen LogP contribution < -0.4 is 9.47 Å². The minimum absolute atomic E-state index is 0.260. The van der Waals surface area contributed by atoms with E-state index in [0.29, 0.717) is 17.1 Å². The standard InChI is InChI=1S/C22H19NO2/c1-16-8-6-7-11-19(16)22(18-9-4-3-5-10-18)25-20-13-12-17(15-23)14-21(20)24-2/h3-14,22H,1-2H3/t22-/m1/s1. The highest BCUT2D eigenvalue weighted by molar-refractivity contribution is 5.48. The second kappa shape index (κ2) is 7.55. The Hall–Kier alpha value is -3.25. The van der Waals surface area contributed by atoms with Crippen LogP contribution in [0.2, 0.25) is 0 Å². The Morgan fingerprint density at radius 2 is 1.60 bits per heavy atom. The van der Waals surface area contributed by atoms with Gasteiger partial charge in [0.2, 0.25) is 0 Å². The highest BCUT2D eigenvalue weighted by atomic mass is 16.5. The van der Waals surface area contributed by atoms with Crippen LogP contribution in [-0.4, -0.2) is 7.11 Å². The van der Waals surface area contributed by atoms with Gasteiger partial charge in [0.25, 0.3) is 0 Å². The van der Waals surface area contributed by atoms with E-state index in [2.05, 4.69) is 25.1 Å². The Balaban J connectivity index is 2.05. The minimum atomic E-state index is -0.260. The largest absolute Gasteiger partial charge is 0.493 e. The van der Waals surface area contributed by atoms with Crippen LogP contribution in [0, 0.1) is 18.3 Å². The predicted octanol–water partition coefficient (Wildman–Crippen LogP) is 5.04. The number of hydrogen-bond acceptors (Lipinski definition) is 3. The maximum Gasteiger partial charge on any atom is 0.162 e. The highest BCUT2D eigenvalue weighted by Gasteiger charge is 2.19. The SMILES string of the molecule is COc1cc(C#N)ccc1O[C@H](c1ccccc1)c1ccccc1C. The molecule has 0 heterocycles. The molecule has 0 aliphatic rings. The molecule has 1 atom stereocenters. The van der Waals surface area contributed by atoms with E-state index < -0.39 is 0 Å². The molecular formula is C22H19NO2. The summed E-state index contributed by atoms with van der Waals surface area (Å²) in [5.74, 6) is 1.16.